The second-order valence-electron chi connectivity index (χ2n) is 5.55. The normalized spacial score (nSPS) is 30.4. The van der Waals surface area contributed by atoms with E-state index in [1.807, 2.05) is 11.8 Å². The zero-order valence-electron chi connectivity index (χ0n) is 11.7. The van der Waals surface area contributed by atoms with Crippen molar-refractivity contribution in [3.05, 3.63) is 0 Å². The van der Waals surface area contributed by atoms with Gasteiger partial charge in [0.2, 0.25) is 5.91 Å². The van der Waals surface area contributed by atoms with E-state index in [0.29, 0.717) is 19.2 Å². The largest absolute Gasteiger partial charge is 0.375 e. The maximum atomic E-state index is 12.3. The van der Waals surface area contributed by atoms with E-state index in [0.717, 1.165) is 26.1 Å². The van der Waals surface area contributed by atoms with Gasteiger partial charge in [-0.05, 0) is 32.7 Å². The fourth-order valence-corrected chi connectivity index (χ4v) is 3.05. The van der Waals surface area contributed by atoms with Crippen molar-refractivity contribution in [2.45, 2.75) is 51.7 Å². The molecule has 0 spiro atoms. The summed E-state index contributed by atoms with van der Waals surface area (Å²) in [5.41, 5.74) is 0. The van der Waals surface area contributed by atoms with E-state index >= 15 is 0 Å². The van der Waals surface area contributed by atoms with Crippen LogP contribution in [-0.4, -0.2) is 60.6 Å². The molecule has 1 amide bonds. The Kier molecular flexibility index (Phi) is 5.01. The molecule has 0 bridgehead atoms. The highest BCUT2D eigenvalue weighted by molar-refractivity contribution is 5.78. The average Bonchev–Trinajstić information content (AvgIpc) is 2.39. The van der Waals surface area contributed by atoms with E-state index in [1.54, 1.807) is 0 Å². The molecule has 2 atom stereocenters. The van der Waals surface area contributed by atoms with Crippen LogP contribution < -0.4 is 0 Å². The molecular formula is C14H26N2O2. The molecule has 2 saturated heterocycles. The van der Waals surface area contributed by atoms with Crippen LogP contribution in [-0.2, 0) is 9.53 Å². The van der Waals surface area contributed by atoms with Crippen molar-refractivity contribution in [1.82, 2.24) is 9.80 Å². The number of rotatable bonds is 3. The summed E-state index contributed by atoms with van der Waals surface area (Å²) in [5.74, 6) is 0.283. The zero-order chi connectivity index (χ0) is 13.0. The molecule has 0 unspecified atom stereocenters. The zero-order valence-corrected chi connectivity index (χ0v) is 11.7. The number of nitrogens with zero attached hydrogens (tertiary/aromatic N) is 2. The molecule has 0 radical (unpaired) electrons. The minimum Gasteiger partial charge on any atom is -0.375 e. The van der Waals surface area contributed by atoms with Crippen LogP contribution in [0.25, 0.3) is 0 Å². The minimum atomic E-state index is 0.186. The Balaban J connectivity index is 1.85. The van der Waals surface area contributed by atoms with Gasteiger partial charge in [0.25, 0.3) is 0 Å². The highest BCUT2D eigenvalue weighted by Crippen LogP contribution is 2.19. The van der Waals surface area contributed by atoms with Crippen molar-refractivity contribution in [2.24, 2.45) is 0 Å². The van der Waals surface area contributed by atoms with E-state index in [1.165, 1.54) is 19.3 Å². The van der Waals surface area contributed by atoms with Crippen LogP contribution in [0.4, 0.5) is 0 Å². The Morgan fingerprint density at radius 1 is 1.33 bits per heavy atom. The molecule has 104 valence electrons. The van der Waals surface area contributed by atoms with Crippen LogP contribution in [0.5, 0.6) is 0 Å². The number of likely N-dealkylation sites (tertiary alicyclic amines) is 1. The number of ether oxygens (including phenoxy) is 1. The lowest BCUT2D eigenvalue weighted by molar-refractivity contribution is -0.140. The first-order valence-electron chi connectivity index (χ1n) is 7.34. The number of hydrogen-bond donors (Lipinski definition) is 0. The molecule has 2 aliphatic heterocycles. The van der Waals surface area contributed by atoms with E-state index in [4.69, 9.17) is 4.74 Å². The van der Waals surface area contributed by atoms with Gasteiger partial charge in [-0.25, -0.2) is 0 Å². The lowest BCUT2D eigenvalue weighted by atomic mass is 10.00. The van der Waals surface area contributed by atoms with Gasteiger partial charge in [0, 0.05) is 19.1 Å². The second-order valence-corrected chi connectivity index (χ2v) is 5.55. The van der Waals surface area contributed by atoms with Crippen LogP contribution in [0.15, 0.2) is 0 Å². The van der Waals surface area contributed by atoms with Crippen LogP contribution in [0, 0.1) is 0 Å². The van der Waals surface area contributed by atoms with Crippen molar-refractivity contribution in [2.75, 3.05) is 32.8 Å². The van der Waals surface area contributed by atoms with Gasteiger partial charge in [0.05, 0.1) is 19.3 Å². The van der Waals surface area contributed by atoms with Gasteiger partial charge < -0.3 is 9.64 Å². The average molecular weight is 254 g/mol. The summed E-state index contributed by atoms with van der Waals surface area (Å²) in [4.78, 5) is 16.7. The first-order chi connectivity index (χ1) is 8.70. The van der Waals surface area contributed by atoms with Gasteiger partial charge in [-0.1, -0.05) is 13.3 Å². The quantitative estimate of drug-likeness (QED) is 0.765. The maximum Gasteiger partial charge on any atom is 0.236 e. The minimum absolute atomic E-state index is 0.186. The standard InChI is InChI=1S/C14H26N2O2/c1-3-13-6-4-5-7-15(13)11-14(17)16-8-9-18-12(2)10-16/h12-13H,3-11H2,1-2H3/t12-,13-/m1/s1. The Bertz CT molecular complexity index is 283. The molecule has 0 saturated carbocycles. The Labute approximate surface area is 110 Å². The van der Waals surface area contributed by atoms with Crippen molar-refractivity contribution in [3.63, 3.8) is 0 Å². The number of piperidine rings is 1. The van der Waals surface area contributed by atoms with Gasteiger partial charge in [0.15, 0.2) is 0 Å². The number of carbonyl (C=O) groups excluding carboxylic acids is 1. The predicted molar refractivity (Wildman–Crippen MR) is 71.5 cm³/mol. The Hall–Kier alpha value is -0.610. The Morgan fingerprint density at radius 2 is 2.17 bits per heavy atom. The molecule has 2 aliphatic rings. The lowest BCUT2D eigenvalue weighted by Gasteiger charge is -2.37. The monoisotopic (exact) mass is 254 g/mol. The van der Waals surface area contributed by atoms with Gasteiger partial charge in [-0.15, -0.1) is 0 Å². The molecule has 0 aliphatic carbocycles. The molecule has 4 nitrogen and oxygen atoms in total. The molecule has 2 fully saturated rings. The first-order valence-corrected chi connectivity index (χ1v) is 7.34. The SMILES string of the molecule is CC[C@@H]1CCCCN1CC(=O)N1CCO[C@H](C)C1. The number of morpholine rings is 1. The van der Waals surface area contributed by atoms with Crippen molar-refractivity contribution in [1.29, 1.82) is 0 Å². The van der Waals surface area contributed by atoms with E-state index in [2.05, 4.69) is 11.8 Å². The Morgan fingerprint density at radius 3 is 2.89 bits per heavy atom. The van der Waals surface area contributed by atoms with Crippen molar-refractivity contribution >= 4 is 5.91 Å². The smallest absolute Gasteiger partial charge is 0.236 e. The molecule has 0 N–H and O–H groups in total. The summed E-state index contributed by atoms with van der Waals surface area (Å²) in [6.07, 6.45) is 5.16. The summed E-state index contributed by atoms with van der Waals surface area (Å²) in [6, 6.07) is 0.612. The molecule has 0 aromatic rings. The highest BCUT2D eigenvalue weighted by atomic mass is 16.5. The van der Waals surface area contributed by atoms with Crippen LogP contribution in [0.2, 0.25) is 0 Å². The molecule has 0 aromatic heterocycles. The molecule has 2 rings (SSSR count). The molecule has 2 heterocycles. The van der Waals surface area contributed by atoms with Crippen LogP contribution >= 0.6 is 0 Å². The van der Waals surface area contributed by atoms with E-state index in [9.17, 15) is 4.79 Å². The second kappa shape index (κ2) is 6.53. The topological polar surface area (TPSA) is 32.8 Å². The number of carbonyl (C=O) groups is 1. The van der Waals surface area contributed by atoms with Gasteiger partial charge in [0.1, 0.15) is 0 Å². The molecule has 0 aromatic carbocycles. The fourth-order valence-electron chi connectivity index (χ4n) is 3.05. The third kappa shape index (κ3) is 3.45. The first kappa shape index (κ1) is 13.8. The summed E-state index contributed by atoms with van der Waals surface area (Å²) < 4.78 is 5.48. The van der Waals surface area contributed by atoms with Gasteiger partial charge >= 0.3 is 0 Å². The molecule has 4 heteroatoms. The number of hydrogen-bond acceptors (Lipinski definition) is 3. The van der Waals surface area contributed by atoms with Crippen molar-refractivity contribution in [3.8, 4) is 0 Å². The summed E-state index contributed by atoms with van der Waals surface area (Å²) >= 11 is 0. The fraction of sp³-hybridized carbons (Fsp3) is 0.929. The van der Waals surface area contributed by atoms with Gasteiger partial charge in [-0.2, -0.15) is 0 Å². The van der Waals surface area contributed by atoms with Crippen molar-refractivity contribution < 1.29 is 9.53 Å². The third-order valence-electron chi connectivity index (χ3n) is 4.15. The molecular weight excluding hydrogens is 228 g/mol. The third-order valence-corrected chi connectivity index (χ3v) is 4.15. The summed E-state index contributed by atoms with van der Waals surface area (Å²) in [7, 11) is 0. The van der Waals surface area contributed by atoms with E-state index < -0.39 is 0 Å². The molecule has 18 heavy (non-hydrogen) atoms. The van der Waals surface area contributed by atoms with Crippen LogP contribution in [0.3, 0.4) is 0 Å². The maximum absolute atomic E-state index is 12.3. The number of amides is 1. The summed E-state index contributed by atoms with van der Waals surface area (Å²) in [6.45, 7) is 8.15. The summed E-state index contributed by atoms with van der Waals surface area (Å²) in [5, 5.41) is 0. The van der Waals surface area contributed by atoms with Gasteiger partial charge in [-0.3, -0.25) is 9.69 Å². The van der Waals surface area contributed by atoms with Crippen LogP contribution in [0.1, 0.15) is 39.5 Å². The lowest BCUT2D eigenvalue weighted by Crippen LogP contribution is -2.50. The predicted octanol–water partition coefficient (Wildman–Crippen LogP) is 1.50. The highest BCUT2D eigenvalue weighted by Gasteiger charge is 2.27. The van der Waals surface area contributed by atoms with E-state index in [-0.39, 0.29) is 12.0 Å².